The van der Waals surface area contributed by atoms with Crippen LogP contribution in [0.15, 0.2) is 48.5 Å². The van der Waals surface area contributed by atoms with Gasteiger partial charge in [0.25, 0.3) is 0 Å². The van der Waals surface area contributed by atoms with Crippen molar-refractivity contribution in [2.45, 2.75) is 39.4 Å². The second-order valence-corrected chi connectivity index (χ2v) is 7.35. The van der Waals surface area contributed by atoms with Gasteiger partial charge in [0, 0.05) is 45.4 Å². The Hall–Kier alpha value is -1.68. The summed E-state index contributed by atoms with van der Waals surface area (Å²) >= 11 is 0. The lowest BCUT2D eigenvalue weighted by Gasteiger charge is -2.41. The van der Waals surface area contributed by atoms with Crippen LogP contribution in [0.5, 0.6) is 0 Å². The Bertz CT molecular complexity index is 668. The van der Waals surface area contributed by atoms with Crippen LogP contribution >= 0.6 is 0 Å². The third kappa shape index (κ3) is 5.15. The molecule has 1 fully saturated rings. The maximum absolute atomic E-state index is 9.51. The maximum Gasteiger partial charge on any atom is 0.0446 e. The van der Waals surface area contributed by atoms with Gasteiger partial charge in [-0.3, -0.25) is 9.80 Å². The van der Waals surface area contributed by atoms with Crippen molar-refractivity contribution in [1.29, 1.82) is 0 Å². The van der Waals surface area contributed by atoms with Gasteiger partial charge in [-0.2, -0.15) is 0 Å². The van der Waals surface area contributed by atoms with E-state index in [1.807, 2.05) is 0 Å². The smallest absolute Gasteiger partial charge is 0.0446 e. The van der Waals surface area contributed by atoms with E-state index in [1.165, 1.54) is 22.3 Å². The summed E-state index contributed by atoms with van der Waals surface area (Å²) in [4.78, 5) is 5.06. The van der Waals surface area contributed by atoms with Crippen LogP contribution in [-0.2, 0) is 13.1 Å². The zero-order chi connectivity index (χ0) is 17.6. The molecule has 25 heavy (non-hydrogen) atoms. The summed E-state index contributed by atoms with van der Waals surface area (Å²) in [5.74, 6) is 0. The number of aliphatic hydroxyl groups excluding tert-OH is 1. The standard InChI is InChI=1S/C22H30N2O/c1-18-6-8-20(9-7-18)16-24-12-11-23(17-22(24)10-13-25)15-21-5-3-4-19(2)14-21/h3-9,14,22,25H,10-13,15-17H2,1-2H3/t22-/m0/s1. The third-order valence-corrected chi connectivity index (χ3v) is 5.15. The van der Waals surface area contributed by atoms with Crippen LogP contribution in [0.25, 0.3) is 0 Å². The molecular formula is C22H30N2O. The number of hydrogen-bond acceptors (Lipinski definition) is 3. The number of aliphatic hydroxyl groups is 1. The van der Waals surface area contributed by atoms with E-state index in [2.05, 4.69) is 72.2 Å². The van der Waals surface area contributed by atoms with E-state index in [9.17, 15) is 5.11 Å². The van der Waals surface area contributed by atoms with E-state index in [0.29, 0.717) is 6.04 Å². The van der Waals surface area contributed by atoms with E-state index in [4.69, 9.17) is 0 Å². The van der Waals surface area contributed by atoms with Gasteiger partial charge in [-0.25, -0.2) is 0 Å². The third-order valence-electron chi connectivity index (χ3n) is 5.15. The van der Waals surface area contributed by atoms with Crippen molar-refractivity contribution in [2.24, 2.45) is 0 Å². The van der Waals surface area contributed by atoms with Gasteiger partial charge in [0.2, 0.25) is 0 Å². The maximum atomic E-state index is 9.51. The average molecular weight is 338 g/mol. The normalized spacial score (nSPS) is 19.2. The molecule has 3 heteroatoms. The summed E-state index contributed by atoms with van der Waals surface area (Å²) in [6.07, 6.45) is 0.843. The molecule has 0 aromatic heterocycles. The second-order valence-electron chi connectivity index (χ2n) is 7.35. The zero-order valence-corrected chi connectivity index (χ0v) is 15.5. The highest BCUT2D eigenvalue weighted by molar-refractivity contribution is 5.23. The molecule has 3 rings (SSSR count). The monoisotopic (exact) mass is 338 g/mol. The molecule has 2 aromatic rings. The Balaban J connectivity index is 1.62. The summed E-state index contributed by atoms with van der Waals surface area (Å²) in [7, 11) is 0. The highest BCUT2D eigenvalue weighted by Gasteiger charge is 2.26. The van der Waals surface area contributed by atoms with Gasteiger partial charge >= 0.3 is 0 Å². The molecule has 1 heterocycles. The van der Waals surface area contributed by atoms with Crippen LogP contribution in [0, 0.1) is 13.8 Å². The summed E-state index contributed by atoms with van der Waals surface area (Å²) in [6, 6.07) is 18.0. The molecule has 1 N–H and O–H groups in total. The van der Waals surface area contributed by atoms with Crippen molar-refractivity contribution >= 4 is 0 Å². The lowest BCUT2D eigenvalue weighted by Crippen LogP contribution is -2.52. The molecule has 0 unspecified atom stereocenters. The summed E-state index contributed by atoms with van der Waals surface area (Å²) in [5.41, 5.74) is 5.37. The molecule has 0 radical (unpaired) electrons. The van der Waals surface area contributed by atoms with Crippen LogP contribution < -0.4 is 0 Å². The van der Waals surface area contributed by atoms with Crippen molar-refractivity contribution in [2.75, 3.05) is 26.2 Å². The number of aryl methyl sites for hydroxylation is 2. The minimum Gasteiger partial charge on any atom is -0.396 e. The highest BCUT2D eigenvalue weighted by Crippen LogP contribution is 2.19. The molecule has 0 saturated carbocycles. The number of piperazine rings is 1. The molecule has 2 aromatic carbocycles. The fourth-order valence-corrected chi connectivity index (χ4v) is 3.73. The predicted molar refractivity (Wildman–Crippen MR) is 104 cm³/mol. The largest absolute Gasteiger partial charge is 0.396 e. The SMILES string of the molecule is Cc1ccc(CN2CCN(Cc3cccc(C)c3)C[C@@H]2CCO)cc1. The zero-order valence-electron chi connectivity index (χ0n) is 15.5. The molecule has 0 aliphatic carbocycles. The van der Waals surface area contributed by atoms with Crippen molar-refractivity contribution < 1.29 is 5.11 Å². The van der Waals surface area contributed by atoms with Crippen molar-refractivity contribution in [3.63, 3.8) is 0 Å². The molecule has 3 nitrogen and oxygen atoms in total. The van der Waals surface area contributed by atoms with Gasteiger partial charge in [0.1, 0.15) is 0 Å². The summed E-state index contributed by atoms with van der Waals surface area (Å²) in [5, 5.41) is 9.51. The average Bonchev–Trinajstić information content (AvgIpc) is 2.59. The lowest BCUT2D eigenvalue weighted by molar-refractivity contribution is 0.0500. The van der Waals surface area contributed by atoms with Crippen LogP contribution in [0.4, 0.5) is 0 Å². The van der Waals surface area contributed by atoms with E-state index in [1.54, 1.807) is 0 Å². The molecule has 1 atom stereocenters. The van der Waals surface area contributed by atoms with E-state index in [-0.39, 0.29) is 6.61 Å². The molecule has 1 aliphatic heterocycles. The van der Waals surface area contributed by atoms with Crippen LogP contribution in [0.1, 0.15) is 28.7 Å². The van der Waals surface area contributed by atoms with Gasteiger partial charge in [0.15, 0.2) is 0 Å². The minimum atomic E-state index is 0.257. The van der Waals surface area contributed by atoms with Gasteiger partial charge in [-0.15, -0.1) is 0 Å². The van der Waals surface area contributed by atoms with Crippen LogP contribution in [0.2, 0.25) is 0 Å². The predicted octanol–water partition coefficient (Wildman–Crippen LogP) is 3.37. The Morgan fingerprint density at radius 1 is 0.920 bits per heavy atom. The van der Waals surface area contributed by atoms with Crippen molar-refractivity contribution in [1.82, 2.24) is 9.80 Å². The van der Waals surface area contributed by atoms with Crippen LogP contribution in [0.3, 0.4) is 0 Å². The molecule has 0 amide bonds. The summed E-state index contributed by atoms with van der Waals surface area (Å²) < 4.78 is 0. The Labute approximate surface area is 151 Å². The van der Waals surface area contributed by atoms with Crippen LogP contribution in [-0.4, -0.2) is 47.2 Å². The number of rotatable bonds is 6. The van der Waals surface area contributed by atoms with Gasteiger partial charge in [-0.05, 0) is 31.4 Å². The number of hydrogen-bond donors (Lipinski definition) is 1. The number of nitrogens with zero attached hydrogens (tertiary/aromatic N) is 2. The highest BCUT2D eigenvalue weighted by atomic mass is 16.3. The first kappa shape index (κ1) is 18.1. The van der Waals surface area contributed by atoms with E-state index in [0.717, 1.165) is 39.1 Å². The van der Waals surface area contributed by atoms with Crippen molar-refractivity contribution in [3.05, 3.63) is 70.8 Å². The fraction of sp³-hybridized carbons (Fsp3) is 0.455. The Kier molecular flexibility index (Phi) is 6.24. The quantitative estimate of drug-likeness (QED) is 0.875. The topological polar surface area (TPSA) is 26.7 Å². The van der Waals surface area contributed by atoms with Crippen molar-refractivity contribution in [3.8, 4) is 0 Å². The van der Waals surface area contributed by atoms with Gasteiger partial charge in [-0.1, -0.05) is 59.7 Å². The van der Waals surface area contributed by atoms with E-state index < -0.39 is 0 Å². The summed E-state index contributed by atoms with van der Waals surface area (Å²) in [6.45, 7) is 9.69. The first-order valence-corrected chi connectivity index (χ1v) is 9.32. The van der Waals surface area contributed by atoms with Gasteiger partial charge in [0.05, 0.1) is 0 Å². The Morgan fingerprint density at radius 3 is 2.44 bits per heavy atom. The first-order valence-electron chi connectivity index (χ1n) is 9.32. The molecule has 1 aliphatic rings. The second kappa shape index (κ2) is 8.61. The fourth-order valence-electron chi connectivity index (χ4n) is 3.73. The lowest BCUT2D eigenvalue weighted by atomic mass is 10.0. The molecule has 0 bridgehead atoms. The van der Waals surface area contributed by atoms with E-state index >= 15 is 0 Å². The number of benzene rings is 2. The molecular weight excluding hydrogens is 308 g/mol. The molecule has 134 valence electrons. The Morgan fingerprint density at radius 2 is 1.72 bits per heavy atom. The molecule has 0 spiro atoms. The first-order chi connectivity index (χ1) is 12.1. The van der Waals surface area contributed by atoms with Gasteiger partial charge < -0.3 is 5.11 Å². The molecule has 1 saturated heterocycles. The minimum absolute atomic E-state index is 0.257.